The molecule has 1 amide bonds. The van der Waals surface area contributed by atoms with Crippen LogP contribution in [0.5, 0.6) is 0 Å². The number of nitrogens with zero attached hydrogens (tertiary/aromatic N) is 5. The van der Waals surface area contributed by atoms with E-state index in [1.807, 2.05) is 18.2 Å². The number of hydrogen-bond donors (Lipinski definition) is 1. The van der Waals surface area contributed by atoms with E-state index in [1.165, 1.54) is 22.1 Å². The van der Waals surface area contributed by atoms with Crippen LogP contribution >= 0.6 is 0 Å². The second kappa shape index (κ2) is 7.14. The summed E-state index contributed by atoms with van der Waals surface area (Å²) in [6, 6.07) is 7.83. The molecular weight excluding hydrogens is 344 g/mol. The van der Waals surface area contributed by atoms with E-state index in [2.05, 4.69) is 26.9 Å². The maximum absolute atomic E-state index is 13.1. The van der Waals surface area contributed by atoms with Gasteiger partial charge in [-0.2, -0.15) is 0 Å². The number of tetrazole rings is 1. The Bertz CT molecular complexity index is 1040. The molecule has 2 heterocycles. The lowest BCUT2D eigenvalue weighted by atomic mass is 10.1. The molecule has 0 radical (unpaired) electrons. The summed E-state index contributed by atoms with van der Waals surface area (Å²) < 4.78 is 3.11. The Kier molecular flexibility index (Phi) is 4.53. The van der Waals surface area contributed by atoms with Crippen LogP contribution in [0.15, 0.2) is 41.6 Å². The molecule has 3 aromatic rings. The molecular formula is C19H20N6O2. The zero-order valence-electron chi connectivity index (χ0n) is 15.1. The summed E-state index contributed by atoms with van der Waals surface area (Å²) in [6.45, 7) is 2.54. The summed E-state index contributed by atoms with van der Waals surface area (Å²) in [7, 11) is 0. The van der Waals surface area contributed by atoms with E-state index in [0.29, 0.717) is 18.7 Å². The van der Waals surface area contributed by atoms with E-state index >= 15 is 0 Å². The first-order valence-corrected chi connectivity index (χ1v) is 8.97. The Labute approximate surface area is 155 Å². The third kappa shape index (κ3) is 3.25. The van der Waals surface area contributed by atoms with Crippen LogP contribution in [0.1, 0.15) is 33.5 Å². The first-order chi connectivity index (χ1) is 13.1. The first kappa shape index (κ1) is 17.1. The number of nitrogens with one attached hydrogen (secondary N) is 1. The van der Waals surface area contributed by atoms with Crippen molar-refractivity contribution in [2.75, 3.05) is 6.54 Å². The number of benzene rings is 1. The fourth-order valence-electron chi connectivity index (χ4n) is 3.57. The Morgan fingerprint density at radius 2 is 2.15 bits per heavy atom. The molecule has 0 fully saturated rings. The number of aromatic nitrogens is 5. The molecule has 0 bridgehead atoms. The van der Waals surface area contributed by atoms with Crippen molar-refractivity contribution in [3.63, 3.8) is 0 Å². The van der Waals surface area contributed by atoms with Gasteiger partial charge in [-0.25, -0.2) is 4.68 Å². The van der Waals surface area contributed by atoms with Crippen molar-refractivity contribution in [1.29, 1.82) is 0 Å². The van der Waals surface area contributed by atoms with Crippen molar-refractivity contribution in [1.82, 2.24) is 30.1 Å². The average molecular weight is 364 g/mol. The molecule has 2 aromatic heterocycles. The maximum atomic E-state index is 13.1. The van der Waals surface area contributed by atoms with Crippen molar-refractivity contribution >= 4 is 5.91 Å². The van der Waals surface area contributed by atoms with Gasteiger partial charge in [0.05, 0.1) is 12.2 Å². The van der Waals surface area contributed by atoms with Gasteiger partial charge in [0, 0.05) is 12.7 Å². The fraction of sp³-hybridized carbons (Fsp3) is 0.316. The summed E-state index contributed by atoms with van der Waals surface area (Å²) in [5.74, 6) is -0.382. The first-order valence-electron chi connectivity index (χ1n) is 8.97. The standard InChI is InChI=1S/C19H20N6O2/c1-13-8-10-25(16-7-3-5-14-4-2-6-15(14)16)19(27)17(13)18(26)20-9-11-24-12-21-22-23-24/h3,5,7-8,10,12H,2,4,6,9,11H2,1H3,(H,20,26). The normalized spacial score (nSPS) is 12.8. The summed E-state index contributed by atoms with van der Waals surface area (Å²) >= 11 is 0. The van der Waals surface area contributed by atoms with Crippen LogP contribution in [0.4, 0.5) is 0 Å². The molecule has 0 spiro atoms. The van der Waals surface area contributed by atoms with Crippen LogP contribution in [0.2, 0.25) is 0 Å². The molecule has 0 saturated carbocycles. The number of pyridine rings is 1. The Morgan fingerprint density at radius 3 is 2.96 bits per heavy atom. The lowest BCUT2D eigenvalue weighted by molar-refractivity contribution is 0.0949. The number of carbonyl (C=O) groups excluding carboxylic acids is 1. The minimum atomic E-state index is -0.382. The highest BCUT2D eigenvalue weighted by atomic mass is 16.2. The van der Waals surface area contributed by atoms with E-state index in [1.54, 1.807) is 17.7 Å². The maximum Gasteiger partial charge on any atom is 0.268 e. The zero-order chi connectivity index (χ0) is 18.8. The highest BCUT2D eigenvalue weighted by Crippen LogP contribution is 2.27. The second-order valence-corrected chi connectivity index (χ2v) is 6.65. The second-order valence-electron chi connectivity index (χ2n) is 6.65. The highest BCUT2D eigenvalue weighted by Gasteiger charge is 2.20. The highest BCUT2D eigenvalue weighted by molar-refractivity contribution is 5.95. The van der Waals surface area contributed by atoms with E-state index in [-0.39, 0.29) is 17.0 Å². The quantitative estimate of drug-likeness (QED) is 0.730. The van der Waals surface area contributed by atoms with Crippen molar-refractivity contribution in [2.45, 2.75) is 32.7 Å². The predicted octanol–water partition coefficient (Wildman–Crippen LogP) is 1.05. The number of aryl methyl sites for hydroxylation is 2. The SMILES string of the molecule is Cc1ccn(-c2cccc3c2CCC3)c(=O)c1C(=O)NCCn1cnnn1. The molecule has 0 saturated heterocycles. The largest absolute Gasteiger partial charge is 0.350 e. The number of carbonyl (C=O) groups is 1. The molecule has 0 unspecified atom stereocenters. The smallest absolute Gasteiger partial charge is 0.268 e. The topological polar surface area (TPSA) is 94.7 Å². The fourth-order valence-corrected chi connectivity index (χ4v) is 3.57. The molecule has 0 atom stereocenters. The van der Waals surface area contributed by atoms with Gasteiger partial charge >= 0.3 is 0 Å². The molecule has 1 aromatic carbocycles. The molecule has 1 N–H and O–H groups in total. The van der Waals surface area contributed by atoms with Crippen molar-refractivity contribution < 1.29 is 4.79 Å². The lowest BCUT2D eigenvalue weighted by Gasteiger charge is -2.14. The third-order valence-electron chi connectivity index (χ3n) is 4.93. The van der Waals surface area contributed by atoms with Gasteiger partial charge in [-0.3, -0.25) is 14.2 Å². The van der Waals surface area contributed by atoms with Crippen LogP contribution < -0.4 is 10.9 Å². The molecule has 4 rings (SSSR count). The molecule has 8 heteroatoms. The van der Waals surface area contributed by atoms with Crippen LogP contribution in [0, 0.1) is 6.92 Å². The number of fused-ring (bicyclic) bond motifs is 1. The van der Waals surface area contributed by atoms with Crippen molar-refractivity contribution in [3.05, 3.63) is 69.4 Å². The van der Waals surface area contributed by atoms with Crippen molar-refractivity contribution in [3.8, 4) is 5.69 Å². The molecule has 138 valence electrons. The third-order valence-corrected chi connectivity index (χ3v) is 4.93. The molecule has 1 aliphatic rings. The minimum absolute atomic E-state index is 0.171. The molecule has 27 heavy (non-hydrogen) atoms. The summed E-state index contributed by atoms with van der Waals surface area (Å²) in [4.78, 5) is 25.7. The van der Waals surface area contributed by atoms with Crippen LogP contribution in [-0.2, 0) is 19.4 Å². The van der Waals surface area contributed by atoms with E-state index in [0.717, 1.165) is 24.9 Å². The van der Waals surface area contributed by atoms with Crippen LogP contribution in [-0.4, -0.2) is 37.2 Å². The predicted molar refractivity (Wildman–Crippen MR) is 99.0 cm³/mol. The number of rotatable bonds is 5. The summed E-state index contributed by atoms with van der Waals surface area (Å²) in [6.07, 6.45) is 6.32. The van der Waals surface area contributed by atoms with Crippen LogP contribution in [0.3, 0.4) is 0 Å². The zero-order valence-corrected chi connectivity index (χ0v) is 15.1. The Hall–Kier alpha value is -3.29. The molecule has 1 aliphatic carbocycles. The van der Waals surface area contributed by atoms with Gasteiger partial charge in [0.2, 0.25) is 0 Å². The van der Waals surface area contributed by atoms with E-state index in [9.17, 15) is 9.59 Å². The summed E-state index contributed by atoms with van der Waals surface area (Å²) in [5.41, 5.74) is 3.89. The minimum Gasteiger partial charge on any atom is -0.350 e. The monoisotopic (exact) mass is 364 g/mol. The Morgan fingerprint density at radius 1 is 1.26 bits per heavy atom. The lowest BCUT2D eigenvalue weighted by Crippen LogP contribution is -2.35. The van der Waals surface area contributed by atoms with Crippen molar-refractivity contribution in [2.24, 2.45) is 0 Å². The van der Waals surface area contributed by atoms with Gasteiger partial charge in [0.25, 0.3) is 11.5 Å². The molecule has 8 nitrogen and oxygen atoms in total. The van der Waals surface area contributed by atoms with Gasteiger partial charge in [-0.15, -0.1) is 5.10 Å². The van der Waals surface area contributed by atoms with Gasteiger partial charge in [0.1, 0.15) is 11.9 Å². The van der Waals surface area contributed by atoms with Gasteiger partial charge < -0.3 is 5.32 Å². The average Bonchev–Trinajstić information content (AvgIpc) is 3.33. The van der Waals surface area contributed by atoms with Gasteiger partial charge in [0.15, 0.2) is 0 Å². The van der Waals surface area contributed by atoms with E-state index < -0.39 is 0 Å². The van der Waals surface area contributed by atoms with Gasteiger partial charge in [-0.1, -0.05) is 12.1 Å². The summed E-state index contributed by atoms with van der Waals surface area (Å²) in [5, 5.41) is 13.6. The number of hydrogen-bond acceptors (Lipinski definition) is 5. The Balaban J connectivity index is 1.62. The number of amides is 1. The molecule has 0 aliphatic heterocycles. The van der Waals surface area contributed by atoms with E-state index in [4.69, 9.17) is 0 Å². The van der Waals surface area contributed by atoms with Crippen LogP contribution in [0.25, 0.3) is 5.69 Å². The van der Waals surface area contributed by atoms with Gasteiger partial charge in [-0.05, 0) is 65.4 Å².